The van der Waals surface area contributed by atoms with Gasteiger partial charge in [-0.3, -0.25) is 4.90 Å². The highest BCUT2D eigenvalue weighted by Crippen LogP contribution is 2.20. The second-order valence-electron chi connectivity index (χ2n) is 5.41. The van der Waals surface area contributed by atoms with Crippen molar-refractivity contribution >= 4 is 12.1 Å². The van der Waals surface area contributed by atoms with Gasteiger partial charge >= 0.3 is 12.1 Å². The van der Waals surface area contributed by atoms with Crippen LogP contribution in [0.2, 0.25) is 0 Å². The van der Waals surface area contributed by atoms with E-state index in [1.54, 1.807) is 0 Å². The maximum absolute atomic E-state index is 12.2. The molecule has 1 atom stereocenters. The summed E-state index contributed by atoms with van der Waals surface area (Å²) in [7, 11) is 0. The van der Waals surface area contributed by atoms with E-state index in [-0.39, 0.29) is 12.6 Å². The van der Waals surface area contributed by atoms with Crippen molar-refractivity contribution in [3.8, 4) is 0 Å². The highest BCUT2D eigenvalue weighted by molar-refractivity contribution is 5.82. The Morgan fingerprint density at radius 1 is 1.23 bits per heavy atom. The van der Waals surface area contributed by atoms with E-state index in [0.29, 0.717) is 19.6 Å². The zero-order valence-electron chi connectivity index (χ0n) is 13.0. The number of benzene rings is 1. The lowest BCUT2D eigenvalue weighted by molar-refractivity contribution is -0.148. The average molecular weight is 305 g/mol. The molecule has 1 aliphatic heterocycles. The van der Waals surface area contributed by atoms with Crippen LogP contribution in [-0.4, -0.2) is 36.2 Å². The van der Waals surface area contributed by atoms with Crippen molar-refractivity contribution in [3.63, 3.8) is 0 Å². The van der Waals surface area contributed by atoms with Gasteiger partial charge in [0.25, 0.3) is 0 Å². The minimum absolute atomic E-state index is 0.216. The molecule has 22 heavy (non-hydrogen) atoms. The first-order valence-electron chi connectivity index (χ1n) is 7.86. The molecule has 1 heterocycles. The first kappa shape index (κ1) is 16.3. The summed E-state index contributed by atoms with van der Waals surface area (Å²) in [6.07, 6.45) is 2.82. The van der Waals surface area contributed by atoms with Gasteiger partial charge in [-0.2, -0.15) is 0 Å². The topological polar surface area (TPSA) is 55.8 Å². The van der Waals surface area contributed by atoms with Crippen molar-refractivity contribution < 1.29 is 19.1 Å². The van der Waals surface area contributed by atoms with Gasteiger partial charge in [0.15, 0.2) is 0 Å². The molecule has 2 rings (SSSR count). The van der Waals surface area contributed by atoms with Crippen molar-refractivity contribution in [1.29, 1.82) is 0 Å². The lowest BCUT2D eigenvalue weighted by Gasteiger charge is -2.22. The summed E-state index contributed by atoms with van der Waals surface area (Å²) in [6, 6.07) is 9.00. The van der Waals surface area contributed by atoms with Crippen molar-refractivity contribution in [1.82, 2.24) is 4.90 Å². The van der Waals surface area contributed by atoms with Gasteiger partial charge in [0, 0.05) is 6.54 Å². The maximum Gasteiger partial charge on any atom is 0.410 e. The number of nitrogens with zero attached hydrogens (tertiary/aromatic N) is 1. The summed E-state index contributed by atoms with van der Waals surface area (Å²) in [4.78, 5) is 25.7. The van der Waals surface area contributed by atoms with Gasteiger partial charge in [0.05, 0.1) is 6.61 Å². The van der Waals surface area contributed by atoms with Crippen molar-refractivity contribution in [3.05, 3.63) is 35.9 Å². The predicted molar refractivity (Wildman–Crippen MR) is 82.2 cm³/mol. The summed E-state index contributed by atoms with van der Waals surface area (Å²) in [5, 5.41) is 0. The van der Waals surface area contributed by atoms with E-state index in [4.69, 9.17) is 9.47 Å². The number of esters is 1. The van der Waals surface area contributed by atoms with Gasteiger partial charge in [-0.1, -0.05) is 43.7 Å². The lowest BCUT2D eigenvalue weighted by Crippen LogP contribution is -2.41. The molecule has 1 amide bonds. The van der Waals surface area contributed by atoms with E-state index in [1.807, 2.05) is 37.3 Å². The lowest BCUT2D eigenvalue weighted by atomic mass is 10.2. The highest BCUT2D eigenvalue weighted by atomic mass is 16.6. The molecule has 1 fully saturated rings. The van der Waals surface area contributed by atoms with E-state index in [9.17, 15) is 9.59 Å². The molecule has 1 aromatic carbocycles. The Balaban J connectivity index is 1.84. The molecular weight excluding hydrogens is 282 g/mol. The normalized spacial score (nSPS) is 17.3. The number of hydrogen-bond donors (Lipinski definition) is 0. The van der Waals surface area contributed by atoms with Gasteiger partial charge in [0.1, 0.15) is 12.6 Å². The first-order chi connectivity index (χ1) is 10.7. The molecule has 5 nitrogen and oxygen atoms in total. The van der Waals surface area contributed by atoms with Crippen LogP contribution >= 0.6 is 0 Å². The zero-order chi connectivity index (χ0) is 15.8. The maximum atomic E-state index is 12.2. The number of carbonyl (C=O) groups is 2. The molecule has 0 aromatic heterocycles. The van der Waals surface area contributed by atoms with E-state index in [1.165, 1.54) is 4.90 Å². The van der Waals surface area contributed by atoms with Crippen LogP contribution in [0.25, 0.3) is 0 Å². The van der Waals surface area contributed by atoms with Crippen LogP contribution in [0.3, 0.4) is 0 Å². The largest absolute Gasteiger partial charge is 0.464 e. The summed E-state index contributed by atoms with van der Waals surface area (Å²) in [5.41, 5.74) is 0.928. The third-order valence-electron chi connectivity index (χ3n) is 3.71. The first-order valence-corrected chi connectivity index (χ1v) is 7.86. The van der Waals surface area contributed by atoms with Crippen LogP contribution < -0.4 is 0 Å². The smallest absolute Gasteiger partial charge is 0.410 e. The van der Waals surface area contributed by atoms with Crippen molar-refractivity contribution in [2.45, 2.75) is 45.3 Å². The molecule has 0 radical (unpaired) electrons. The second-order valence-corrected chi connectivity index (χ2v) is 5.41. The predicted octanol–water partition coefficient (Wildman–Crippen LogP) is 3.13. The van der Waals surface area contributed by atoms with Gasteiger partial charge in [-0.05, 0) is 24.8 Å². The molecule has 1 saturated heterocycles. The number of carbonyl (C=O) groups excluding carboxylic acids is 2. The Morgan fingerprint density at radius 2 is 2.00 bits per heavy atom. The molecule has 0 bridgehead atoms. The van der Waals surface area contributed by atoms with E-state index < -0.39 is 12.1 Å². The standard InChI is InChI=1S/C17H23NO4/c1-2-3-12-21-16(19)15-10-7-11-18(15)17(20)22-13-14-8-5-4-6-9-14/h4-6,8-9,15H,2-3,7,10-13H2,1H3. The summed E-state index contributed by atoms with van der Waals surface area (Å²) >= 11 is 0. The second kappa shape index (κ2) is 8.41. The van der Waals surface area contributed by atoms with Gasteiger partial charge in [-0.25, -0.2) is 9.59 Å². The third kappa shape index (κ3) is 4.48. The van der Waals surface area contributed by atoms with Crippen LogP contribution in [0.5, 0.6) is 0 Å². The highest BCUT2D eigenvalue weighted by Gasteiger charge is 2.36. The van der Waals surface area contributed by atoms with E-state index in [0.717, 1.165) is 24.8 Å². The Kier molecular flexibility index (Phi) is 6.25. The molecule has 1 aromatic rings. The Labute approximate surface area is 131 Å². The Bertz CT molecular complexity index is 489. The quantitative estimate of drug-likeness (QED) is 0.598. The minimum atomic E-state index is -0.500. The van der Waals surface area contributed by atoms with Gasteiger partial charge in [-0.15, -0.1) is 0 Å². The SMILES string of the molecule is CCCCOC(=O)C1CCCN1C(=O)OCc1ccccc1. The van der Waals surface area contributed by atoms with Crippen molar-refractivity contribution in [2.24, 2.45) is 0 Å². The Hall–Kier alpha value is -2.04. The number of amides is 1. The third-order valence-corrected chi connectivity index (χ3v) is 3.71. The monoisotopic (exact) mass is 305 g/mol. The van der Waals surface area contributed by atoms with Gasteiger partial charge in [0.2, 0.25) is 0 Å². The number of ether oxygens (including phenoxy) is 2. The molecule has 0 aliphatic carbocycles. The molecule has 1 unspecified atom stereocenters. The molecular formula is C17H23NO4. The summed E-state index contributed by atoms with van der Waals surface area (Å²) in [6.45, 7) is 3.21. The van der Waals surface area contributed by atoms with Crippen LogP contribution in [0, 0.1) is 0 Å². The Morgan fingerprint density at radius 3 is 2.73 bits per heavy atom. The van der Waals surface area contributed by atoms with Crippen LogP contribution in [0.1, 0.15) is 38.2 Å². The summed E-state index contributed by atoms with van der Waals surface area (Å²) in [5.74, 6) is -0.317. The van der Waals surface area contributed by atoms with Crippen molar-refractivity contribution in [2.75, 3.05) is 13.2 Å². The van der Waals surface area contributed by atoms with E-state index >= 15 is 0 Å². The number of likely N-dealkylation sites (tertiary alicyclic amines) is 1. The fourth-order valence-electron chi connectivity index (χ4n) is 2.45. The minimum Gasteiger partial charge on any atom is -0.464 e. The summed E-state index contributed by atoms with van der Waals surface area (Å²) < 4.78 is 10.5. The van der Waals surface area contributed by atoms with Crippen LogP contribution in [0.4, 0.5) is 4.79 Å². The molecule has 0 spiro atoms. The van der Waals surface area contributed by atoms with E-state index in [2.05, 4.69) is 0 Å². The number of hydrogen-bond acceptors (Lipinski definition) is 4. The van der Waals surface area contributed by atoms with Crippen LogP contribution in [0.15, 0.2) is 30.3 Å². The molecule has 5 heteroatoms. The molecule has 1 aliphatic rings. The number of rotatable bonds is 6. The fourth-order valence-corrected chi connectivity index (χ4v) is 2.45. The van der Waals surface area contributed by atoms with Gasteiger partial charge < -0.3 is 9.47 Å². The number of unbranched alkanes of at least 4 members (excludes halogenated alkanes) is 1. The average Bonchev–Trinajstić information content (AvgIpc) is 3.03. The fraction of sp³-hybridized carbons (Fsp3) is 0.529. The molecule has 0 N–H and O–H groups in total. The molecule has 120 valence electrons. The zero-order valence-corrected chi connectivity index (χ0v) is 13.0. The molecule has 0 saturated carbocycles. The van der Waals surface area contributed by atoms with Crippen LogP contribution in [-0.2, 0) is 20.9 Å².